The second-order valence-corrected chi connectivity index (χ2v) is 5.66. The molecule has 1 aromatic carbocycles. The monoisotopic (exact) mass is 349 g/mol. The molecule has 0 aliphatic heterocycles. The van der Waals surface area contributed by atoms with E-state index < -0.39 is 4.92 Å². The van der Waals surface area contributed by atoms with Gasteiger partial charge >= 0.3 is 5.69 Å². The molecule has 0 fully saturated rings. The van der Waals surface area contributed by atoms with Gasteiger partial charge in [0.2, 0.25) is 5.82 Å². The van der Waals surface area contributed by atoms with Gasteiger partial charge in [0.25, 0.3) is 0 Å². The Morgan fingerprint density at radius 2 is 2.05 bits per heavy atom. The quantitative estimate of drug-likeness (QED) is 0.637. The molecule has 0 spiro atoms. The van der Waals surface area contributed by atoms with Crippen LogP contribution in [0.3, 0.4) is 0 Å². The van der Waals surface area contributed by atoms with Crippen molar-refractivity contribution in [2.24, 2.45) is 0 Å². The molecule has 0 saturated heterocycles. The Labute approximate surface area is 131 Å². The van der Waals surface area contributed by atoms with Gasteiger partial charge in [0.1, 0.15) is 0 Å². The maximum Gasteiger partial charge on any atom is 0.312 e. The van der Waals surface area contributed by atoms with Gasteiger partial charge in [0.15, 0.2) is 0 Å². The summed E-state index contributed by atoms with van der Waals surface area (Å²) in [5.74, 6) is 0.273. The molecule has 0 aliphatic rings. The summed E-state index contributed by atoms with van der Waals surface area (Å²) in [6, 6.07) is 9.57. The molecule has 0 radical (unpaired) electrons. The zero-order valence-electron chi connectivity index (χ0n) is 11.8. The molecule has 1 unspecified atom stereocenters. The van der Waals surface area contributed by atoms with Crippen LogP contribution in [0.5, 0.6) is 0 Å². The summed E-state index contributed by atoms with van der Waals surface area (Å²) in [6.07, 6.45) is 2.53. The van der Waals surface area contributed by atoms with E-state index in [-0.39, 0.29) is 17.5 Å². The van der Waals surface area contributed by atoms with E-state index in [1.54, 1.807) is 6.20 Å². The zero-order chi connectivity index (χ0) is 15.4. The minimum Gasteiger partial charge on any atom is -0.358 e. The van der Waals surface area contributed by atoms with Gasteiger partial charge in [-0.1, -0.05) is 31.2 Å². The maximum absolute atomic E-state index is 11.1. The Kier molecular flexibility index (Phi) is 4.90. The van der Waals surface area contributed by atoms with Crippen LogP contribution in [0, 0.1) is 10.1 Å². The Hall–Kier alpha value is -1.95. The molecular weight excluding hydrogens is 334 g/mol. The number of anilines is 1. The lowest BCUT2D eigenvalue weighted by atomic mass is 10.0. The highest BCUT2D eigenvalue weighted by Crippen LogP contribution is 2.28. The first kappa shape index (κ1) is 15.4. The van der Waals surface area contributed by atoms with Crippen molar-refractivity contribution >= 4 is 27.4 Å². The first-order chi connectivity index (χ1) is 10.0. The number of hydrogen-bond acceptors (Lipinski definition) is 4. The molecule has 1 atom stereocenters. The van der Waals surface area contributed by atoms with Gasteiger partial charge in [-0.2, -0.15) is 0 Å². The van der Waals surface area contributed by atoms with Gasteiger partial charge in [-0.3, -0.25) is 10.1 Å². The minimum absolute atomic E-state index is 0.0404. The summed E-state index contributed by atoms with van der Waals surface area (Å²) in [5.41, 5.74) is 2.28. The van der Waals surface area contributed by atoms with Gasteiger partial charge in [-0.25, -0.2) is 4.98 Å². The predicted octanol–water partition coefficient (Wildman–Crippen LogP) is 4.49. The van der Waals surface area contributed by atoms with Crippen LogP contribution in [0.15, 0.2) is 41.0 Å². The molecule has 2 aromatic rings. The number of halogens is 1. The number of nitro groups is 1. The predicted molar refractivity (Wildman–Crippen MR) is 86.4 cm³/mol. The molecule has 2 rings (SSSR count). The van der Waals surface area contributed by atoms with Crippen molar-refractivity contribution in [3.63, 3.8) is 0 Å². The number of rotatable bonds is 5. The molecule has 1 N–H and O–H groups in total. The zero-order valence-corrected chi connectivity index (χ0v) is 13.4. The van der Waals surface area contributed by atoms with E-state index in [0.29, 0.717) is 4.47 Å². The highest BCUT2D eigenvalue weighted by molar-refractivity contribution is 9.10. The van der Waals surface area contributed by atoms with Gasteiger partial charge in [0, 0.05) is 16.7 Å². The topological polar surface area (TPSA) is 68.1 Å². The van der Waals surface area contributed by atoms with E-state index in [0.717, 1.165) is 12.0 Å². The third kappa shape index (κ3) is 3.78. The Bertz CT molecular complexity index is 644. The molecular formula is C15H16BrN3O2. The van der Waals surface area contributed by atoms with Crippen LogP contribution < -0.4 is 5.32 Å². The van der Waals surface area contributed by atoms with Crippen LogP contribution in [0.1, 0.15) is 31.0 Å². The van der Waals surface area contributed by atoms with Gasteiger partial charge < -0.3 is 5.32 Å². The van der Waals surface area contributed by atoms with Crippen LogP contribution in [-0.2, 0) is 6.42 Å². The van der Waals surface area contributed by atoms with Crippen LogP contribution in [-0.4, -0.2) is 9.91 Å². The van der Waals surface area contributed by atoms with Crippen molar-refractivity contribution in [2.75, 3.05) is 5.32 Å². The Balaban J connectivity index is 2.22. The summed E-state index contributed by atoms with van der Waals surface area (Å²) in [7, 11) is 0. The summed E-state index contributed by atoms with van der Waals surface area (Å²) in [5, 5.41) is 14.2. The van der Waals surface area contributed by atoms with Crippen LogP contribution in [0.2, 0.25) is 0 Å². The molecule has 0 bridgehead atoms. The van der Waals surface area contributed by atoms with Crippen molar-refractivity contribution in [2.45, 2.75) is 26.3 Å². The number of aryl methyl sites for hydroxylation is 1. The fourth-order valence-electron chi connectivity index (χ4n) is 2.01. The number of nitrogens with one attached hydrogen (secondary N) is 1. The maximum atomic E-state index is 11.1. The van der Waals surface area contributed by atoms with Gasteiger partial charge in [-0.15, -0.1) is 0 Å². The van der Waals surface area contributed by atoms with Crippen LogP contribution >= 0.6 is 15.9 Å². The van der Waals surface area contributed by atoms with Crippen molar-refractivity contribution in [1.82, 2.24) is 4.98 Å². The SMILES string of the molecule is CCc1ccc(C(C)Nc2ncc(Br)cc2[N+](=O)[O-])cc1. The standard InChI is InChI=1S/C15H16BrN3O2/c1-3-11-4-6-12(7-5-11)10(2)18-15-14(19(20)21)8-13(16)9-17-15/h4-10H,3H2,1-2H3,(H,17,18). The number of nitrogens with zero attached hydrogens (tertiary/aromatic N) is 2. The van der Waals surface area contributed by atoms with E-state index in [2.05, 4.69) is 45.3 Å². The molecule has 21 heavy (non-hydrogen) atoms. The third-order valence-corrected chi connectivity index (χ3v) is 3.71. The molecule has 1 aromatic heterocycles. The molecule has 0 saturated carbocycles. The molecule has 6 heteroatoms. The minimum atomic E-state index is -0.438. The average molecular weight is 350 g/mol. The van der Waals surface area contributed by atoms with Crippen molar-refractivity contribution in [1.29, 1.82) is 0 Å². The van der Waals surface area contributed by atoms with Crippen molar-refractivity contribution < 1.29 is 4.92 Å². The molecule has 0 aliphatic carbocycles. The van der Waals surface area contributed by atoms with E-state index in [9.17, 15) is 10.1 Å². The normalized spacial score (nSPS) is 12.0. The first-order valence-electron chi connectivity index (χ1n) is 6.66. The largest absolute Gasteiger partial charge is 0.358 e. The van der Waals surface area contributed by atoms with Gasteiger partial charge in [0.05, 0.1) is 11.0 Å². The fraction of sp³-hybridized carbons (Fsp3) is 0.267. The number of pyridine rings is 1. The number of aromatic nitrogens is 1. The Morgan fingerprint density at radius 1 is 1.38 bits per heavy atom. The second kappa shape index (κ2) is 6.67. The molecule has 110 valence electrons. The smallest absolute Gasteiger partial charge is 0.312 e. The lowest BCUT2D eigenvalue weighted by molar-refractivity contribution is -0.384. The van der Waals surface area contributed by atoms with Crippen LogP contribution in [0.4, 0.5) is 11.5 Å². The fourth-order valence-corrected chi connectivity index (χ4v) is 2.33. The lowest BCUT2D eigenvalue weighted by Crippen LogP contribution is -2.10. The highest BCUT2D eigenvalue weighted by atomic mass is 79.9. The van der Waals surface area contributed by atoms with Crippen molar-refractivity contribution in [3.8, 4) is 0 Å². The van der Waals surface area contributed by atoms with E-state index >= 15 is 0 Å². The number of benzene rings is 1. The van der Waals surface area contributed by atoms with E-state index in [4.69, 9.17) is 0 Å². The van der Waals surface area contributed by atoms with E-state index in [1.807, 2.05) is 19.1 Å². The van der Waals surface area contributed by atoms with Crippen molar-refractivity contribution in [3.05, 3.63) is 62.2 Å². The third-order valence-electron chi connectivity index (χ3n) is 3.27. The summed E-state index contributed by atoms with van der Waals surface area (Å²) >= 11 is 3.20. The Morgan fingerprint density at radius 3 is 2.62 bits per heavy atom. The number of hydrogen-bond donors (Lipinski definition) is 1. The van der Waals surface area contributed by atoms with Gasteiger partial charge in [-0.05, 0) is 40.4 Å². The molecule has 1 heterocycles. The lowest BCUT2D eigenvalue weighted by Gasteiger charge is -2.15. The summed E-state index contributed by atoms with van der Waals surface area (Å²) < 4.78 is 0.583. The first-order valence-corrected chi connectivity index (χ1v) is 7.46. The summed E-state index contributed by atoms with van der Waals surface area (Å²) in [4.78, 5) is 14.7. The second-order valence-electron chi connectivity index (χ2n) is 4.74. The highest BCUT2D eigenvalue weighted by Gasteiger charge is 2.18. The van der Waals surface area contributed by atoms with E-state index in [1.165, 1.54) is 11.6 Å². The summed E-state index contributed by atoms with van der Waals surface area (Å²) in [6.45, 7) is 4.06. The molecule has 5 nitrogen and oxygen atoms in total. The molecule has 0 amide bonds. The van der Waals surface area contributed by atoms with Crippen LogP contribution in [0.25, 0.3) is 0 Å². The average Bonchev–Trinajstić information content (AvgIpc) is 2.49.